The monoisotopic (exact) mass is 2090 g/mol. The van der Waals surface area contributed by atoms with Gasteiger partial charge in [-0.1, -0.05) is 341 Å². The van der Waals surface area contributed by atoms with Crippen LogP contribution in [0.3, 0.4) is 0 Å². The van der Waals surface area contributed by atoms with Crippen LogP contribution in [-0.2, 0) is 105 Å². The molecule has 0 radical (unpaired) electrons. The highest BCUT2D eigenvalue weighted by atomic mass is 16.2. The summed E-state index contributed by atoms with van der Waals surface area (Å²) >= 11 is 0. The number of rotatable bonds is 69. The summed E-state index contributed by atoms with van der Waals surface area (Å²) in [5.74, 6) is -7.89. The molecule has 0 amide bonds. The second-order valence-corrected chi connectivity index (χ2v) is 40.8. The van der Waals surface area contributed by atoms with Crippen LogP contribution in [0.1, 0.15) is 559 Å². The fourth-order valence-corrected chi connectivity index (χ4v) is 13.1. The number of allylic oxidation sites excluding steroid dienone is 4. The van der Waals surface area contributed by atoms with Crippen molar-refractivity contribution in [3.05, 3.63) is 50.6 Å². The van der Waals surface area contributed by atoms with Crippen LogP contribution in [0.4, 0.5) is 0 Å². The molecule has 0 saturated carbocycles. The minimum atomic E-state index is -2.15. The Balaban J connectivity index is -0.000000115. The average Bonchev–Trinajstić information content (AvgIpc) is 0.777. The van der Waals surface area contributed by atoms with E-state index in [-0.39, 0.29) is 160 Å². The molecule has 0 heterocycles. The van der Waals surface area contributed by atoms with Gasteiger partial charge in [-0.15, -0.1) is 0 Å². The Kier molecular flexibility index (Phi) is 131. The molecule has 1 unspecified atom stereocenters. The van der Waals surface area contributed by atoms with Crippen molar-refractivity contribution in [2.24, 2.45) is 69.5 Å². The first-order valence-electron chi connectivity index (χ1n) is 57.4. The van der Waals surface area contributed by atoms with E-state index in [0.29, 0.717) is 152 Å². The minimum absolute atomic E-state index is 0.0219. The van der Waals surface area contributed by atoms with Gasteiger partial charge in [0.2, 0.25) is 16.2 Å². The molecule has 0 N–H and O–H groups in total. The van der Waals surface area contributed by atoms with E-state index in [2.05, 4.69) is 151 Å². The normalized spacial score (nSPS) is 10.5. The summed E-state index contributed by atoms with van der Waals surface area (Å²) in [5.41, 5.74) is -6.33. The van der Waals surface area contributed by atoms with Crippen LogP contribution >= 0.6 is 0 Å². The lowest BCUT2D eigenvalue weighted by atomic mass is 9.67. The van der Waals surface area contributed by atoms with E-state index in [1.54, 1.807) is 27.7 Å². The number of ketones is 22. The lowest BCUT2D eigenvalue weighted by Gasteiger charge is -2.28. The molecular formula is C126H228O22. The van der Waals surface area contributed by atoms with Crippen LogP contribution in [0, 0.1) is 69.5 Å². The minimum Gasteiger partial charge on any atom is -0.299 e. The van der Waals surface area contributed by atoms with Crippen LogP contribution in [0.5, 0.6) is 0 Å². The summed E-state index contributed by atoms with van der Waals surface area (Å²) in [7, 11) is 0. The van der Waals surface area contributed by atoms with Crippen molar-refractivity contribution in [1.82, 2.24) is 0 Å². The Hall–Kier alpha value is -8.30. The number of hydrogen-bond donors (Lipinski definition) is 0. The van der Waals surface area contributed by atoms with E-state index in [1.807, 2.05) is 118 Å². The highest BCUT2D eigenvalue weighted by molar-refractivity contribution is 6.42. The van der Waals surface area contributed by atoms with E-state index in [4.69, 9.17) is 0 Å². The highest BCUT2D eigenvalue weighted by Gasteiger charge is 2.57. The van der Waals surface area contributed by atoms with Gasteiger partial charge < -0.3 is 0 Å². The predicted octanol–water partition coefficient (Wildman–Crippen LogP) is 31.9. The molecule has 0 rings (SSSR count). The molecule has 0 saturated heterocycles. The Morgan fingerprint density at radius 1 is 0.182 bits per heavy atom. The van der Waals surface area contributed by atoms with Gasteiger partial charge in [0, 0.05) is 116 Å². The van der Waals surface area contributed by atoms with Gasteiger partial charge in [0.05, 0.1) is 12.8 Å². The van der Waals surface area contributed by atoms with Crippen molar-refractivity contribution in [1.29, 1.82) is 0 Å². The Labute approximate surface area is 906 Å². The number of carbonyl (C=O) groups is 22. The fraction of sp³-hybridized carbons (Fsp3) is 0.762. The number of Topliss-reactive ketones (excluding diaryl/α,β-unsaturated/α-hetero) is 18. The highest BCUT2D eigenvalue weighted by Crippen LogP contribution is 2.35. The lowest BCUT2D eigenvalue weighted by Crippen LogP contribution is -2.52. The van der Waals surface area contributed by atoms with Gasteiger partial charge in [0.15, 0.2) is 110 Å². The first-order chi connectivity index (χ1) is 69.2. The van der Waals surface area contributed by atoms with Crippen molar-refractivity contribution < 1.29 is 105 Å². The topological polar surface area (TPSA) is 376 Å². The maximum atomic E-state index is 12.9. The van der Waals surface area contributed by atoms with Crippen LogP contribution in [0.25, 0.3) is 0 Å². The Morgan fingerprint density at radius 3 is 0.541 bits per heavy atom. The first kappa shape index (κ1) is 170. The summed E-state index contributed by atoms with van der Waals surface area (Å²) in [6.45, 7) is 91.4. The summed E-state index contributed by atoms with van der Waals surface area (Å²) in [6.07, 6.45) is 28.2. The molecule has 1 atom stereocenters. The fourth-order valence-electron chi connectivity index (χ4n) is 13.1. The molecule has 0 bridgehead atoms. The van der Waals surface area contributed by atoms with Crippen LogP contribution < -0.4 is 0 Å². The molecule has 0 spiro atoms. The lowest BCUT2D eigenvalue weighted by molar-refractivity contribution is -0.158. The van der Waals surface area contributed by atoms with E-state index < -0.39 is 103 Å². The third kappa shape index (κ3) is 87.3. The van der Waals surface area contributed by atoms with Crippen molar-refractivity contribution >= 4 is 127 Å². The zero-order chi connectivity index (χ0) is 119. The third-order valence-corrected chi connectivity index (χ3v) is 20.5. The van der Waals surface area contributed by atoms with E-state index in [0.717, 1.165) is 43.9 Å². The number of hydrogen-bond acceptors (Lipinski definition) is 22. The number of carbonyl (C=O) groups excluding carboxylic acids is 22. The standard InChI is InChI=1S/C19H32O4.2C18H28O4.C15H26O3.C14H22O3.C11H20O2.C10H16O2.7C3H8/c1-6-9-15(20)19(16(21)10-7-2,17(22)11-8-3)18(23)13-12-14(4)5;2*1-6-9-15(20)18(14(19)8-3,16(21)10-7-2)17(22)12-11-13(4)5;1-5-7-12(16)15(13(17)8-6-2)14(18)10-9-11(3)4;1-5-7-12(16)14(11(15)6-2)13(17)9-8-10(3)4;1-4-5-10(12)8-11(13)7-6-9(2)3;1-4-9(11)7-10(12)6-5-8(2)3;7*1-3-2/h14H,6-13H2,1-5H3;2*8,13H,3,6-7,9-12H2,1-2,4-5H3;11,15H,5-10H2,1-4H3;6,10,14H,2,5,7-9H2,1,3-4H3;9H,4-8H2,1-3H3;4,8H,1,5-7H2,2-3H3;7*3H2,1-2H3. The van der Waals surface area contributed by atoms with Crippen LogP contribution in [0.2, 0.25) is 0 Å². The Bertz CT molecular complexity index is 3450. The van der Waals surface area contributed by atoms with E-state index in [1.165, 1.54) is 51.0 Å². The molecule has 22 heteroatoms. The maximum absolute atomic E-state index is 12.9. The zero-order valence-electron chi connectivity index (χ0n) is 103. The van der Waals surface area contributed by atoms with Crippen LogP contribution in [0.15, 0.2) is 50.6 Å². The Morgan fingerprint density at radius 2 is 0.345 bits per heavy atom. The van der Waals surface area contributed by atoms with Crippen molar-refractivity contribution in [3.63, 3.8) is 0 Å². The molecule has 22 nitrogen and oxygen atoms in total. The second-order valence-electron chi connectivity index (χ2n) is 40.8. The summed E-state index contributed by atoms with van der Waals surface area (Å²) in [4.78, 5) is 266. The molecule has 864 valence electrons. The van der Waals surface area contributed by atoms with E-state index >= 15 is 0 Å². The molecular weight excluding hydrogens is 1870 g/mol. The third-order valence-electron chi connectivity index (χ3n) is 20.5. The predicted molar refractivity (Wildman–Crippen MR) is 619 cm³/mol. The molecule has 0 aliphatic rings. The van der Waals surface area contributed by atoms with E-state index in [9.17, 15) is 105 Å². The smallest absolute Gasteiger partial charge is 0.207 e. The van der Waals surface area contributed by atoms with Gasteiger partial charge >= 0.3 is 0 Å². The molecule has 0 aliphatic heterocycles. The van der Waals surface area contributed by atoms with Gasteiger partial charge in [-0.3, -0.25) is 105 Å². The van der Waals surface area contributed by atoms with Gasteiger partial charge in [-0.2, -0.15) is 0 Å². The SMILES string of the molecule is C=CC(=O)C(C(=O)CCC)(C(=O)CCC)C(=O)CCC(C)C.C=CC(=O)C(C(=O)CCC)(C(=O)CCC)C(=O)CCC(C)C.C=CC(=O)C(C(=O)CCC)C(=O)CCC(C)C.C=CC(=O)CC(=O)CCC(C)C.CCC.CCC.CCC.CCC.CCC.CCC.CCC.CCCC(=O)C(C(=O)CCC)(C(=O)CCC)C(=O)CCC(C)C.CCCC(=O)C(C(=O)CCC)C(=O)CCC(C)C.CCCC(=O)CC(=O)CCC(C)C. The van der Waals surface area contributed by atoms with Gasteiger partial charge in [-0.25, -0.2) is 0 Å². The van der Waals surface area contributed by atoms with Crippen LogP contribution in [-0.4, -0.2) is 127 Å². The largest absolute Gasteiger partial charge is 0.299 e. The molecule has 148 heavy (non-hydrogen) atoms. The first-order valence-corrected chi connectivity index (χ1v) is 57.4. The maximum Gasteiger partial charge on any atom is 0.207 e. The second kappa shape index (κ2) is 114. The molecule has 0 aromatic rings. The summed E-state index contributed by atoms with van der Waals surface area (Å²) in [5, 5.41) is 0. The average molecular weight is 2100 g/mol. The molecule has 0 aromatic carbocycles. The zero-order valence-corrected chi connectivity index (χ0v) is 103. The molecule has 0 fully saturated rings. The quantitative estimate of drug-likeness (QED) is 0.0403. The summed E-state index contributed by atoms with van der Waals surface area (Å²) in [6, 6.07) is 0. The van der Waals surface area contributed by atoms with Gasteiger partial charge in [-0.05, 0) is 181 Å². The molecule has 0 aliphatic carbocycles. The van der Waals surface area contributed by atoms with Gasteiger partial charge in [0.1, 0.15) is 29.2 Å². The van der Waals surface area contributed by atoms with Crippen molar-refractivity contribution in [3.8, 4) is 0 Å². The van der Waals surface area contributed by atoms with Crippen molar-refractivity contribution in [2.45, 2.75) is 559 Å². The van der Waals surface area contributed by atoms with Crippen molar-refractivity contribution in [2.75, 3.05) is 0 Å². The summed E-state index contributed by atoms with van der Waals surface area (Å²) < 4.78 is 0. The molecule has 0 aromatic heterocycles. The van der Waals surface area contributed by atoms with Gasteiger partial charge in [0.25, 0.3) is 0 Å².